The highest BCUT2D eigenvalue weighted by Gasteiger charge is 2.33. The number of hydrogen-bond acceptors (Lipinski definition) is 4. The predicted molar refractivity (Wildman–Crippen MR) is 100 cm³/mol. The van der Waals surface area contributed by atoms with Crippen molar-refractivity contribution < 1.29 is 9.53 Å². The number of carbonyl (C=O) groups is 1. The highest BCUT2D eigenvalue weighted by Crippen LogP contribution is 2.39. The number of nitrogens with zero attached hydrogens (tertiary/aromatic N) is 1. The number of ether oxygens (including phenoxy) is 1. The van der Waals surface area contributed by atoms with Crippen molar-refractivity contribution in [2.24, 2.45) is 4.99 Å². The zero-order chi connectivity index (χ0) is 17.3. The van der Waals surface area contributed by atoms with E-state index >= 15 is 0 Å². The number of amidine groups is 1. The van der Waals surface area contributed by atoms with Crippen molar-refractivity contribution >= 4 is 50.6 Å². The molecule has 1 heterocycles. The Morgan fingerprint density at radius 3 is 2.83 bits per heavy atom. The molecule has 0 fully saturated rings. The summed E-state index contributed by atoms with van der Waals surface area (Å²) in [5, 5.41) is 3.96. The van der Waals surface area contributed by atoms with Crippen LogP contribution in [-0.4, -0.2) is 22.6 Å². The van der Waals surface area contributed by atoms with Gasteiger partial charge in [-0.05, 0) is 57.9 Å². The zero-order valence-electron chi connectivity index (χ0n) is 13.6. The first kappa shape index (κ1) is 18.6. The molecule has 1 aliphatic heterocycles. The molecule has 1 N–H and O–H groups in total. The Hall–Kier alpha value is -0.720. The Morgan fingerprint density at radius 2 is 2.17 bits per heavy atom. The molecule has 0 radical (unpaired) electrons. The first-order valence-electron chi connectivity index (χ1n) is 7.27. The number of benzene rings is 1. The van der Waals surface area contributed by atoms with E-state index in [2.05, 4.69) is 21.2 Å². The van der Waals surface area contributed by atoms with Gasteiger partial charge in [0.1, 0.15) is 5.60 Å². The Bertz CT molecular complexity index is 645. The third-order valence-electron chi connectivity index (χ3n) is 3.29. The van der Waals surface area contributed by atoms with Gasteiger partial charge in [-0.15, -0.1) is 0 Å². The number of thioether (sulfide) groups is 1. The van der Waals surface area contributed by atoms with Crippen LogP contribution in [0.1, 0.15) is 39.7 Å². The zero-order valence-corrected chi connectivity index (χ0v) is 16.7. The molecule has 0 bridgehead atoms. The van der Waals surface area contributed by atoms with Crippen molar-refractivity contribution in [3.8, 4) is 0 Å². The van der Waals surface area contributed by atoms with Gasteiger partial charge in [-0.1, -0.05) is 39.3 Å². The number of aliphatic imine (C=N–C) groups is 1. The highest BCUT2D eigenvalue weighted by molar-refractivity contribution is 9.10. The second-order valence-electron chi connectivity index (χ2n) is 6.54. The van der Waals surface area contributed by atoms with Gasteiger partial charge >= 0.3 is 6.09 Å². The molecule has 4 nitrogen and oxygen atoms in total. The molecule has 1 unspecified atom stereocenters. The number of hydrogen-bond donors (Lipinski definition) is 1. The van der Waals surface area contributed by atoms with Gasteiger partial charge in [0.25, 0.3) is 0 Å². The Kier molecular flexibility index (Phi) is 5.69. The Labute approximate surface area is 154 Å². The van der Waals surface area contributed by atoms with Gasteiger partial charge in [-0.3, -0.25) is 10.3 Å². The lowest BCUT2D eigenvalue weighted by Gasteiger charge is -2.31. The molecule has 7 heteroatoms. The molecule has 23 heavy (non-hydrogen) atoms. The molecule has 1 aromatic carbocycles. The molecular formula is C16H20BrClN2O2S. The van der Waals surface area contributed by atoms with Crippen molar-refractivity contribution in [2.75, 3.05) is 5.75 Å². The minimum Gasteiger partial charge on any atom is -0.444 e. The van der Waals surface area contributed by atoms with Gasteiger partial charge in [0.2, 0.25) is 0 Å². The fourth-order valence-electron chi connectivity index (χ4n) is 2.22. The van der Waals surface area contributed by atoms with Crippen LogP contribution in [0.25, 0.3) is 0 Å². The minimum atomic E-state index is -0.541. The van der Waals surface area contributed by atoms with E-state index in [1.807, 2.05) is 45.9 Å². The van der Waals surface area contributed by atoms with E-state index < -0.39 is 17.2 Å². The summed E-state index contributed by atoms with van der Waals surface area (Å²) in [6.45, 7) is 7.51. The lowest BCUT2D eigenvalue weighted by molar-refractivity contribution is 0.0564. The third kappa shape index (κ3) is 5.13. The van der Waals surface area contributed by atoms with Crippen LogP contribution in [0.15, 0.2) is 27.7 Å². The maximum absolute atomic E-state index is 11.9. The number of carbonyl (C=O) groups excluding carboxylic acids is 1. The van der Waals surface area contributed by atoms with E-state index in [9.17, 15) is 4.79 Å². The van der Waals surface area contributed by atoms with Crippen LogP contribution in [0.3, 0.4) is 0 Å². The maximum Gasteiger partial charge on any atom is 0.413 e. The van der Waals surface area contributed by atoms with Crippen LogP contribution in [0.5, 0.6) is 0 Å². The molecule has 1 atom stereocenters. The van der Waals surface area contributed by atoms with Gasteiger partial charge in [-0.2, -0.15) is 0 Å². The average molecular weight is 420 g/mol. The number of amides is 1. The first-order chi connectivity index (χ1) is 10.6. The fraction of sp³-hybridized carbons (Fsp3) is 0.500. The highest BCUT2D eigenvalue weighted by atomic mass is 79.9. The van der Waals surface area contributed by atoms with Crippen LogP contribution in [0, 0.1) is 0 Å². The number of rotatable bonds is 1. The SMILES string of the molecule is CC(C)(C)OC(=O)NC1=NC(C)(c2cc(Br)ccc2Cl)CCS1. The van der Waals surface area contributed by atoms with Crippen LogP contribution in [0.2, 0.25) is 5.02 Å². The largest absolute Gasteiger partial charge is 0.444 e. The topological polar surface area (TPSA) is 50.7 Å². The Morgan fingerprint density at radius 1 is 1.48 bits per heavy atom. The van der Waals surface area contributed by atoms with Crippen molar-refractivity contribution in [1.29, 1.82) is 0 Å². The van der Waals surface area contributed by atoms with Gasteiger partial charge in [0.15, 0.2) is 5.17 Å². The third-order valence-corrected chi connectivity index (χ3v) is 4.99. The number of nitrogens with one attached hydrogen (secondary N) is 1. The molecular weight excluding hydrogens is 400 g/mol. The molecule has 2 rings (SSSR count). The van der Waals surface area contributed by atoms with E-state index in [-0.39, 0.29) is 0 Å². The fourth-order valence-corrected chi connectivity index (χ4v) is 4.02. The van der Waals surface area contributed by atoms with Crippen LogP contribution < -0.4 is 5.32 Å². The average Bonchev–Trinajstić information content (AvgIpc) is 2.39. The molecule has 0 spiro atoms. The summed E-state index contributed by atoms with van der Waals surface area (Å²) in [5.74, 6) is 0.841. The van der Waals surface area contributed by atoms with Crippen molar-refractivity contribution in [3.05, 3.63) is 33.3 Å². The van der Waals surface area contributed by atoms with E-state index in [0.717, 1.165) is 22.2 Å². The van der Waals surface area contributed by atoms with Gasteiger partial charge in [0.05, 0.1) is 5.54 Å². The van der Waals surface area contributed by atoms with E-state index in [0.29, 0.717) is 10.2 Å². The minimum absolute atomic E-state index is 0.476. The normalized spacial score (nSPS) is 21.6. The molecule has 1 amide bonds. The molecule has 126 valence electrons. The summed E-state index contributed by atoms with van der Waals surface area (Å²) in [6, 6.07) is 5.73. The van der Waals surface area contributed by atoms with Gasteiger partial charge in [-0.25, -0.2) is 4.79 Å². The smallest absolute Gasteiger partial charge is 0.413 e. The molecule has 0 saturated heterocycles. The van der Waals surface area contributed by atoms with Crippen molar-refractivity contribution in [3.63, 3.8) is 0 Å². The lowest BCUT2D eigenvalue weighted by Crippen LogP contribution is -2.38. The molecule has 1 aromatic rings. The summed E-state index contributed by atoms with van der Waals surface area (Å²) >= 11 is 11.3. The van der Waals surface area contributed by atoms with E-state index in [1.165, 1.54) is 11.8 Å². The van der Waals surface area contributed by atoms with E-state index in [1.54, 1.807) is 0 Å². The van der Waals surface area contributed by atoms with Crippen molar-refractivity contribution in [2.45, 2.75) is 45.3 Å². The molecule has 0 saturated carbocycles. The second-order valence-corrected chi connectivity index (χ2v) is 8.95. The summed E-state index contributed by atoms with van der Waals surface area (Å²) in [4.78, 5) is 16.7. The first-order valence-corrected chi connectivity index (χ1v) is 9.43. The van der Waals surface area contributed by atoms with Crippen LogP contribution >= 0.6 is 39.3 Å². The summed E-state index contributed by atoms with van der Waals surface area (Å²) < 4.78 is 6.23. The molecule has 0 aromatic heterocycles. The van der Waals surface area contributed by atoms with Crippen LogP contribution in [-0.2, 0) is 10.3 Å². The number of alkyl carbamates (subject to hydrolysis) is 1. The van der Waals surface area contributed by atoms with Gasteiger partial charge < -0.3 is 4.74 Å². The second kappa shape index (κ2) is 7.03. The van der Waals surface area contributed by atoms with E-state index in [4.69, 9.17) is 21.3 Å². The molecule has 0 aliphatic carbocycles. The van der Waals surface area contributed by atoms with Gasteiger partial charge in [0, 0.05) is 15.2 Å². The summed E-state index contributed by atoms with van der Waals surface area (Å²) in [7, 11) is 0. The Balaban J connectivity index is 2.23. The summed E-state index contributed by atoms with van der Waals surface area (Å²) in [6.07, 6.45) is 0.348. The maximum atomic E-state index is 11.9. The molecule has 1 aliphatic rings. The van der Waals surface area contributed by atoms with Crippen molar-refractivity contribution in [1.82, 2.24) is 5.32 Å². The predicted octanol–water partition coefficient (Wildman–Crippen LogP) is 5.34. The standard InChI is InChI=1S/C16H20BrClN2O2S/c1-15(2,3)22-14(21)19-13-20-16(4,7-8-23-13)11-9-10(17)5-6-12(11)18/h5-6,9H,7-8H2,1-4H3,(H,19,20,21). The monoisotopic (exact) mass is 418 g/mol. The number of halogens is 2. The van der Waals surface area contributed by atoms with Crippen LogP contribution in [0.4, 0.5) is 4.79 Å². The lowest BCUT2D eigenvalue weighted by atomic mass is 9.90. The summed E-state index contributed by atoms with van der Waals surface area (Å²) in [5.41, 5.74) is -0.0746. The quantitative estimate of drug-likeness (QED) is 0.669.